The number of furan rings is 1. The quantitative estimate of drug-likeness (QED) is 0.280. The third-order valence-corrected chi connectivity index (χ3v) is 6.13. The van der Waals surface area contributed by atoms with Crippen molar-refractivity contribution in [2.75, 3.05) is 7.11 Å². The number of hydrogen-bond acceptors (Lipinski definition) is 6. The number of nitriles is 1. The molecule has 1 aliphatic heterocycles. The first-order valence-electron chi connectivity index (χ1n) is 11.5. The van der Waals surface area contributed by atoms with Crippen LogP contribution >= 0.6 is 0 Å². The van der Waals surface area contributed by atoms with Gasteiger partial charge in [0.25, 0.3) is 11.8 Å². The Labute approximate surface area is 213 Å². The third-order valence-electron chi connectivity index (χ3n) is 6.13. The molecule has 8 nitrogen and oxygen atoms in total. The number of carbonyl (C=O) groups is 2. The van der Waals surface area contributed by atoms with Crippen molar-refractivity contribution in [1.82, 2.24) is 14.7 Å². The van der Waals surface area contributed by atoms with Gasteiger partial charge in [0.05, 0.1) is 25.6 Å². The van der Waals surface area contributed by atoms with Crippen molar-refractivity contribution >= 4 is 17.9 Å². The first-order chi connectivity index (χ1) is 18.0. The van der Waals surface area contributed by atoms with Gasteiger partial charge in [-0.15, -0.1) is 0 Å². The van der Waals surface area contributed by atoms with E-state index >= 15 is 0 Å². The van der Waals surface area contributed by atoms with Gasteiger partial charge in [-0.1, -0.05) is 30.3 Å². The second-order valence-electron chi connectivity index (χ2n) is 8.39. The molecule has 0 radical (unpaired) electrons. The maximum Gasteiger partial charge on any atom is 0.272 e. The SMILES string of the molecule is COc1cccc(-c2nn(-c3ccccc3)cc2/C=C2/C(=O)N(Cc3ccco3)C(=O)C(C#N)=C2C)c1. The van der Waals surface area contributed by atoms with Crippen LogP contribution in [0.4, 0.5) is 0 Å². The zero-order valence-corrected chi connectivity index (χ0v) is 20.2. The van der Waals surface area contributed by atoms with Gasteiger partial charge in [-0.2, -0.15) is 10.4 Å². The number of aromatic nitrogens is 2. The molecule has 182 valence electrons. The number of methoxy groups -OCH3 is 1. The predicted molar refractivity (Wildman–Crippen MR) is 136 cm³/mol. The minimum absolute atomic E-state index is 0.0769. The highest BCUT2D eigenvalue weighted by atomic mass is 16.5. The molecule has 0 unspecified atom stereocenters. The van der Waals surface area contributed by atoms with Crippen molar-refractivity contribution < 1.29 is 18.7 Å². The fraction of sp³-hybridized carbons (Fsp3) is 0.103. The van der Waals surface area contributed by atoms with Crippen molar-refractivity contribution in [3.05, 3.63) is 107 Å². The first kappa shape index (κ1) is 23.6. The number of imide groups is 1. The summed E-state index contributed by atoms with van der Waals surface area (Å²) < 4.78 is 12.5. The number of hydrogen-bond donors (Lipinski definition) is 0. The number of ether oxygens (including phenoxy) is 1. The molecule has 8 heteroatoms. The second-order valence-corrected chi connectivity index (χ2v) is 8.39. The van der Waals surface area contributed by atoms with Crippen LogP contribution in [0.3, 0.4) is 0 Å². The van der Waals surface area contributed by atoms with Gasteiger partial charge in [-0.3, -0.25) is 14.5 Å². The topological polar surface area (TPSA) is 101 Å². The van der Waals surface area contributed by atoms with Gasteiger partial charge in [0.15, 0.2) is 0 Å². The molecule has 0 atom stereocenters. The molecule has 5 rings (SSSR count). The average Bonchev–Trinajstić information content (AvgIpc) is 3.60. The summed E-state index contributed by atoms with van der Waals surface area (Å²) in [6, 6.07) is 22.4. The fourth-order valence-corrected chi connectivity index (χ4v) is 4.19. The van der Waals surface area contributed by atoms with E-state index in [4.69, 9.17) is 14.3 Å². The van der Waals surface area contributed by atoms with Crippen LogP contribution < -0.4 is 4.74 Å². The lowest BCUT2D eigenvalue weighted by molar-refractivity contribution is -0.141. The Bertz CT molecular complexity index is 1590. The van der Waals surface area contributed by atoms with Gasteiger partial charge in [-0.25, -0.2) is 4.68 Å². The molecular formula is C29H22N4O4. The van der Waals surface area contributed by atoms with Crippen molar-refractivity contribution in [1.29, 1.82) is 5.26 Å². The Balaban J connectivity index is 1.67. The van der Waals surface area contributed by atoms with E-state index in [9.17, 15) is 14.9 Å². The van der Waals surface area contributed by atoms with Crippen LogP contribution in [0.5, 0.6) is 5.75 Å². The van der Waals surface area contributed by atoms with Gasteiger partial charge < -0.3 is 9.15 Å². The lowest BCUT2D eigenvalue weighted by Crippen LogP contribution is -2.42. The highest BCUT2D eigenvalue weighted by Crippen LogP contribution is 2.32. The summed E-state index contributed by atoms with van der Waals surface area (Å²) in [5.74, 6) is -0.0578. The van der Waals surface area contributed by atoms with E-state index in [1.165, 1.54) is 6.26 Å². The number of amides is 2. The van der Waals surface area contributed by atoms with E-state index in [1.807, 2.05) is 66.9 Å². The highest BCUT2D eigenvalue weighted by molar-refractivity contribution is 6.19. The molecule has 2 aromatic heterocycles. The Hall–Kier alpha value is -5.16. The number of benzene rings is 2. The Morgan fingerprint density at radius 3 is 2.57 bits per heavy atom. The van der Waals surface area contributed by atoms with Gasteiger partial charge >= 0.3 is 0 Å². The van der Waals surface area contributed by atoms with Crippen LogP contribution in [0.1, 0.15) is 18.2 Å². The summed E-state index contributed by atoms with van der Waals surface area (Å²) in [7, 11) is 1.59. The van der Waals surface area contributed by atoms with Crippen molar-refractivity contribution in [3.63, 3.8) is 0 Å². The summed E-state index contributed by atoms with van der Waals surface area (Å²) in [5.41, 5.74) is 3.35. The van der Waals surface area contributed by atoms with Crippen LogP contribution in [-0.4, -0.2) is 33.6 Å². The molecule has 4 aromatic rings. The van der Waals surface area contributed by atoms with Crippen molar-refractivity contribution in [2.45, 2.75) is 13.5 Å². The third kappa shape index (κ3) is 4.46. The van der Waals surface area contributed by atoms with Crippen molar-refractivity contribution in [2.24, 2.45) is 0 Å². The summed E-state index contributed by atoms with van der Waals surface area (Å²) in [5, 5.41) is 14.5. The molecule has 0 fully saturated rings. The van der Waals surface area contributed by atoms with E-state index in [0.717, 1.165) is 16.2 Å². The van der Waals surface area contributed by atoms with Gasteiger partial charge in [0, 0.05) is 22.9 Å². The molecule has 0 saturated carbocycles. The number of para-hydroxylation sites is 1. The van der Waals surface area contributed by atoms with E-state index < -0.39 is 11.8 Å². The Morgan fingerprint density at radius 2 is 1.86 bits per heavy atom. The standard InChI is InChI=1S/C29H22N4O4/c1-19-25(28(34)32(29(35)26(19)16-30)18-24-12-7-13-37-24)15-21-17-33(22-9-4-3-5-10-22)31-27(21)20-8-6-11-23(14-20)36-2/h3-15,17H,18H2,1-2H3/b25-15+. The first-order valence-corrected chi connectivity index (χ1v) is 11.5. The summed E-state index contributed by atoms with van der Waals surface area (Å²) in [6.45, 7) is 1.53. The van der Waals surface area contributed by atoms with Gasteiger partial charge in [0.2, 0.25) is 0 Å². The molecular weight excluding hydrogens is 468 g/mol. The van der Waals surface area contributed by atoms with Crippen molar-refractivity contribution in [3.8, 4) is 28.8 Å². The molecule has 0 bridgehead atoms. The predicted octanol–water partition coefficient (Wildman–Crippen LogP) is 4.93. The minimum atomic E-state index is -0.647. The molecule has 0 spiro atoms. The maximum absolute atomic E-state index is 13.6. The molecule has 3 heterocycles. The fourth-order valence-electron chi connectivity index (χ4n) is 4.19. The van der Waals surface area contributed by atoms with E-state index in [2.05, 4.69) is 0 Å². The van der Waals surface area contributed by atoms with Gasteiger partial charge in [-0.05, 0) is 55.0 Å². The molecule has 0 aliphatic carbocycles. The molecule has 2 aromatic carbocycles. The normalized spacial score (nSPS) is 14.8. The smallest absolute Gasteiger partial charge is 0.272 e. The van der Waals surface area contributed by atoms with Crippen LogP contribution in [0.15, 0.2) is 100 Å². The van der Waals surface area contributed by atoms with Crippen LogP contribution in [0, 0.1) is 11.3 Å². The Morgan fingerprint density at radius 1 is 1.05 bits per heavy atom. The molecule has 1 aliphatic rings. The maximum atomic E-state index is 13.6. The number of carbonyl (C=O) groups excluding carboxylic acids is 2. The van der Waals surface area contributed by atoms with Crippen LogP contribution in [0.25, 0.3) is 23.0 Å². The van der Waals surface area contributed by atoms with E-state index in [1.54, 1.807) is 36.9 Å². The second kappa shape index (κ2) is 9.84. The minimum Gasteiger partial charge on any atom is -0.497 e. The molecule has 37 heavy (non-hydrogen) atoms. The van der Waals surface area contributed by atoms with Gasteiger partial charge in [0.1, 0.15) is 28.8 Å². The molecule has 2 amide bonds. The summed E-state index contributed by atoms with van der Waals surface area (Å²) in [6.07, 6.45) is 4.96. The monoisotopic (exact) mass is 490 g/mol. The lowest BCUT2D eigenvalue weighted by atomic mass is 9.93. The average molecular weight is 491 g/mol. The number of nitrogens with zero attached hydrogens (tertiary/aromatic N) is 4. The highest BCUT2D eigenvalue weighted by Gasteiger charge is 2.36. The largest absolute Gasteiger partial charge is 0.497 e. The van der Waals surface area contributed by atoms with E-state index in [-0.39, 0.29) is 17.7 Å². The summed E-state index contributed by atoms with van der Waals surface area (Å²) >= 11 is 0. The molecule has 0 saturated heterocycles. The summed E-state index contributed by atoms with van der Waals surface area (Å²) in [4.78, 5) is 27.6. The zero-order valence-electron chi connectivity index (χ0n) is 20.2. The van der Waals surface area contributed by atoms with E-state index in [0.29, 0.717) is 28.3 Å². The molecule has 0 N–H and O–H groups in total. The van der Waals surface area contributed by atoms with Crippen LogP contribution in [-0.2, 0) is 16.1 Å². The zero-order chi connectivity index (χ0) is 25.9. The Kier molecular flexibility index (Phi) is 6.27. The lowest BCUT2D eigenvalue weighted by Gasteiger charge is -2.26. The number of rotatable bonds is 6. The van der Waals surface area contributed by atoms with Crippen LogP contribution in [0.2, 0.25) is 0 Å².